The number of hydrogen-bond acceptors (Lipinski definition) is 4. The summed E-state index contributed by atoms with van der Waals surface area (Å²) in [5.74, 6) is -5.11. The number of carboxylic acid groups (broad SMARTS) is 3. The van der Waals surface area contributed by atoms with Crippen LogP contribution >= 0.6 is 0 Å². The van der Waals surface area contributed by atoms with Crippen LogP contribution in [0.5, 0.6) is 0 Å². The summed E-state index contributed by atoms with van der Waals surface area (Å²) in [4.78, 5) is 35.4. The molecule has 3 atom stereocenters. The molecule has 192 valence electrons. The molecule has 0 saturated heterocycles. The monoisotopic (exact) mass is 469 g/mol. The van der Waals surface area contributed by atoms with E-state index in [4.69, 9.17) is 0 Å². The van der Waals surface area contributed by atoms with E-state index in [-0.39, 0.29) is 24.1 Å². The summed E-state index contributed by atoms with van der Waals surface area (Å²) in [5.41, 5.74) is 0. The first-order chi connectivity index (χ1) is 15.7. The highest BCUT2D eigenvalue weighted by Gasteiger charge is 2.38. The van der Waals surface area contributed by atoms with E-state index >= 15 is 0 Å². The number of unbranched alkanes of at least 4 members (excludes halogenated alkanes) is 6. The van der Waals surface area contributed by atoms with Crippen molar-refractivity contribution in [3.8, 4) is 0 Å². The number of quaternary nitrogens is 1. The number of carbonyl (C=O) groups is 3. The molecule has 3 unspecified atom stereocenters. The van der Waals surface area contributed by atoms with Gasteiger partial charge in [0.2, 0.25) is 0 Å². The zero-order valence-corrected chi connectivity index (χ0v) is 21.3. The lowest BCUT2D eigenvalue weighted by Crippen LogP contribution is -2.59. The molecular weight excluding hydrogens is 422 g/mol. The highest BCUT2D eigenvalue weighted by molar-refractivity contribution is 5.70. The van der Waals surface area contributed by atoms with Crippen LogP contribution in [0.4, 0.5) is 0 Å². The minimum Gasteiger partial charge on any atom is -0.550 e. The van der Waals surface area contributed by atoms with Gasteiger partial charge in [-0.25, -0.2) is 0 Å². The molecule has 0 saturated carbocycles. The van der Waals surface area contributed by atoms with Crippen molar-refractivity contribution in [2.75, 3.05) is 26.2 Å². The third kappa shape index (κ3) is 12.8. The van der Waals surface area contributed by atoms with Crippen molar-refractivity contribution in [2.24, 2.45) is 17.8 Å². The fourth-order valence-electron chi connectivity index (χ4n) is 4.44. The number of carbonyl (C=O) groups excluding carboxylic acids is 1. The summed E-state index contributed by atoms with van der Waals surface area (Å²) in [6.45, 7) is 8.57. The molecule has 2 N–H and O–H groups in total. The first kappa shape index (κ1) is 31.1. The molecule has 0 aliphatic carbocycles. The normalized spacial score (nSPS) is 16.2. The van der Waals surface area contributed by atoms with Crippen molar-refractivity contribution in [2.45, 2.75) is 91.9 Å². The zero-order chi connectivity index (χ0) is 25.3. The minimum atomic E-state index is -1.16. The molecule has 0 radical (unpaired) electrons. The largest absolute Gasteiger partial charge is 0.550 e. The van der Waals surface area contributed by atoms with Gasteiger partial charge in [0, 0.05) is 5.92 Å². The van der Waals surface area contributed by atoms with Crippen molar-refractivity contribution < 1.29 is 34.2 Å². The van der Waals surface area contributed by atoms with E-state index in [0.29, 0.717) is 25.8 Å². The number of aliphatic carboxylic acids is 3. The maximum absolute atomic E-state index is 11.8. The Labute approximate surface area is 200 Å². The Morgan fingerprint density at radius 2 is 1.18 bits per heavy atom. The molecule has 0 aromatic carbocycles. The first-order valence-corrected chi connectivity index (χ1v) is 12.8. The quantitative estimate of drug-likeness (QED) is 0.149. The van der Waals surface area contributed by atoms with Gasteiger partial charge in [-0.1, -0.05) is 65.9 Å². The van der Waals surface area contributed by atoms with E-state index < -0.39 is 35.7 Å². The van der Waals surface area contributed by atoms with Gasteiger partial charge in [-0.05, 0) is 38.2 Å². The zero-order valence-electron chi connectivity index (χ0n) is 21.3. The van der Waals surface area contributed by atoms with Gasteiger partial charge < -0.3 is 24.6 Å². The fourth-order valence-corrected chi connectivity index (χ4v) is 4.44. The summed E-state index contributed by atoms with van der Waals surface area (Å²) in [5, 5.41) is 31.1. The van der Waals surface area contributed by atoms with Crippen molar-refractivity contribution in [3.05, 3.63) is 12.2 Å². The van der Waals surface area contributed by atoms with Gasteiger partial charge in [0.15, 0.2) is 0 Å². The Morgan fingerprint density at radius 1 is 0.727 bits per heavy atom. The van der Waals surface area contributed by atoms with Crippen LogP contribution in [0.3, 0.4) is 0 Å². The Morgan fingerprint density at radius 3 is 1.61 bits per heavy atom. The lowest BCUT2D eigenvalue weighted by Gasteiger charge is -2.43. The average molecular weight is 470 g/mol. The summed E-state index contributed by atoms with van der Waals surface area (Å²) < 4.78 is 0.134. The van der Waals surface area contributed by atoms with Crippen molar-refractivity contribution in [1.29, 1.82) is 0 Å². The molecule has 0 heterocycles. The van der Waals surface area contributed by atoms with Crippen molar-refractivity contribution in [1.82, 2.24) is 0 Å². The van der Waals surface area contributed by atoms with Crippen LogP contribution in [0.15, 0.2) is 12.2 Å². The van der Waals surface area contributed by atoms with Crippen LogP contribution in [0.2, 0.25) is 0 Å². The van der Waals surface area contributed by atoms with Crippen LogP contribution in [0.1, 0.15) is 91.9 Å². The Kier molecular flexibility index (Phi) is 16.6. The Balaban J connectivity index is 5.68. The van der Waals surface area contributed by atoms with Gasteiger partial charge in [0.1, 0.15) is 11.8 Å². The molecule has 0 amide bonds. The Bertz CT molecular complexity index is 544. The standard InChI is InChI=1S/C26H47NO6/c1-5-9-10-11-12-13-14-15-16-17-27(18-21(6-2)24(28)29,19-22(7-3)25(30)31)20-23(8-4)26(32)33/h15-16,21-23H,5-14,17-20H2,1-4H3,(H2-,28,29,30,31,32,33)/b16-15+. The van der Waals surface area contributed by atoms with E-state index in [2.05, 4.69) is 13.0 Å². The number of allylic oxidation sites excluding steroid dienone is 1. The van der Waals surface area contributed by atoms with Gasteiger partial charge in [-0.2, -0.15) is 0 Å². The van der Waals surface area contributed by atoms with E-state index in [0.717, 1.165) is 12.8 Å². The predicted molar refractivity (Wildman–Crippen MR) is 128 cm³/mol. The van der Waals surface area contributed by atoms with E-state index in [9.17, 15) is 29.7 Å². The van der Waals surface area contributed by atoms with Crippen LogP contribution in [0.25, 0.3) is 0 Å². The molecule has 0 aromatic rings. The molecule has 0 rings (SSSR count). The molecule has 33 heavy (non-hydrogen) atoms. The highest BCUT2D eigenvalue weighted by atomic mass is 16.4. The smallest absolute Gasteiger partial charge is 0.312 e. The predicted octanol–water partition coefficient (Wildman–Crippen LogP) is 4.11. The summed E-state index contributed by atoms with van der Waals surface area (Å²) in [6.07, 6.45) is 13.4. The maximum Gasteiger partial charge on any atom is 0.312 e. The second-order valence-corrected chi connectivity index (χ2v) is 9.41. The summed E-state index contributed by atoms with van der Waals surface area (Å²) in [7, 11) is 0. The van der Waals surface area contributed by atoms with Crippen molar-refractivity contribution in [3.63, 3.8) is 0 Å². The maximum atomic E-state index is 11.8. The highest BCUT2D eigenvalue weighted by Crippen LogP contribution is 2.24. The number of carboxylic acids is 3. The molecule has 0 aliphatic heterocycles. The second-order valence-electron chi connectivity index (χ2n) is 9.41. The minimum absolute atomic E-state index is 0.134. The van der Waals surface area contributed by atoms with Crippen molar-refractivity contribution >= 4 is 17.9 Å². The molecule has 0 fully saturated rings. The number of nitrogens with zero attached hydrogens (tertiary/aromatic N) is 1. The number of rotatable bonds is 21. The molecular formula is C26H47NO6. The summed E-state index contributed by atoms with van der Waals surface area (Å²) >= 11 is 0. The average Bonchev–Trinajstić information content (AvgIpc) is 2.77. The first-order valence-electron chi connectivity index (χ1n) is 12.8. The van der Waals surface area contributed by atoms with Crippen LogP contribution < -0.4 is 5.11 Å². The lowest BCUT2D eigenvalue weighted by molar-refractivity contribution is -0.929. The molecule has 0 aromatic heterocycles. The molecule has 7 heteroatoms. The lowest BCUT2D eigenvalue weighted by atomic mass is 9.96. The molecule has 7 nitrogen and oxygen atoms in total. The molecule has 0 bridgehead atoms. The SMILES string of the molecule is CCCCCCCC/C=C/C[N+](CC(CC)C(=O)[O-])(CC(CC)C(=O)O)CC(CC)C(=O)O. The van der Waals surface area contributed by atoms with Crippen LogP contribution in [-0.2, 0) is 14.4 Å². The third-order valence-electron chi connectivity index (χ3n) is 6.72. The molecule has 0 aliphatic rings. The van der Waals surface area contributed by atoms with Gasteiger partial charge in [0.25, 0.3) is 0 Å². The van der Waals surface area contributed by atoms with E-state index in [1.54, 1.807) is 20.8 Å². The third-order valence-corrected chi connectivity index (χ3v) is 6.72. The van der Waals surface area contributed by atoms with Gasteiger partial charge >= 0.3 is 11.9 Å². The Hall–Kier alpha value is -1.89. The fraction of sp³-hybridized carbons (Fsp3) is 0.808. The second kappa shape index (κ2) is 17.6. The summed E-state index contributed by atoms with van der Waals surface area (Å²) in [6, 6.07) is 0. The van der Waals surface area contributed by atoms with Crippen LogP contribution in [0, 0.1) is 17.8 Å². The molecule has 0 spiro atoms. The van der Waals surface area contributed by atoms with Gasteiger partial charge in [0.05, 0.1) is 32.1 Å². The van der Waals surface area contributed by atoms with Gasteiger partial charge in [-0.3, -0.25) is 9.59 Å². The topological polar surface area (TPSA) is 115 Å². The van der Waals surface area contributed by atoms with Crippen LogP contribution in [-0.4, -0.2) is 58.8 Å². The van der Waals surface area contributed by atoms with E-state index in [1.807, 2.05) is 6.08 Å². The van der Waals surface area contributed by atoms with E-state index in [1.165, 1.54) is 32.1 Å². The van der Waals surface area contributed by atoms with Gasteiger partial charge in [-0.15, -0.1) is 0 Å². The number of hydrogen-bond donors (Lipinski definition) is 2.